The first kappa shape index (κ1) is 16.0. The van der Waals surface area contributed by atoms with E-state index in [4.69, 9.17) is 0 Å². The van der Waals surface area contributed by atoms with Crippen LogP contribution in [-0.4, -0.2) is 14.9 Å². The molecule has 8 heteroatoms. The highest BCUT2D eigenvalue weighted by Crippen LogP contribution is 1.73. The molecule has 0 saturated heterocycles. The van der Waals surface area contributed by atoms with Crippen LogP contribution in [0.1, 0.15) is 0 Å². The van der Waals surface area contributed by atoms with Gasteiger partial charge in [-0.1, -0.05) is 0 Å². The van der Waals surface area contributed by atoms with E-state index in [1.165, 1.54) is 0 Å². The highest BCUT2D eigenvalue weighted by molar-refractivity contribution is 7.74. The molecule has 1 unspecified atom stereocenters. The van der Waals surface area contributed by atoms with E-state index in [0.717, 1.165) is 0 Å². The van der Waals surface area contributed by atoms with Crippen LogP contribution in [0.3, 0.4) is 0 Å². The van der Waals surface area contributed by atoms with Gasteiger partial charge in [0.15, 0.2) is 0 Å². The molecule has 0 aromatic carbocycles. The van der Waals surface area contributed by atoms with Gasteiger partial charge in [0.2, 0.25) is 0 Å². The number of rotatable bonds is 1. The fourth-order valence-electron chi connectivity index (χ4n) is 0.0671. The fourth-order valence-corrected chi connectivity index (χ4v) is 0.201. The molecule has 58 valence electrons. The van der Waals surface area contributed by atoms with E-state index in [-0.39, 0.29) is 24.8 Å². The molecule has 0 aliphatic rings. The van der Waals surface area contributed by atoms with Crippen molar-refractivity contribution in [3.63, 3.8) is 0 Å². The van der Waals surface area contributed by atoms with Gasteiger partial charge in [-0.2, -0.15) is 0 Å². The Hall–Kier alpha value is -0.0400. The molecule has 0 rings (SSSR count). The van der Waals surface area contributed by atoms with Crippen molar-refractivity contribution in [3.05, 3.63) is 0 Å². The second-order valence-corrected chi connectivity index (χ2v) is 1.18. The number of halogens is 2. The van der Waals surface area contributed by atoms with Crippen LogP contribution in [0.2, 0.25) is 0 Å². The summed E-state index contributed by atoms with van der Waals surface area (Å²) in [4.78, 5) is 9.42. The minimum atomic E-state index is -2.82. The molecular weight excluding hydrogens is 193 g/mol. The highest BCUT2D eigenvalue weighted by Gasteiger charge is 1.87. The maximum Gasteiger partial charge on any atom is 0.417 e. The first-order valence-corrected chi connectivity index (χ1v) is 2.20. The standard InChI is InChI=1S/CH3NO4S.2ClH/c2-1(3)6-7(4)5;;/h(H2,2,3)(H,4,5);2*1H/p-1. The second-order valence-electron chi connectivity index (χ2n) is 0.606. The van der Waals surface area contributed by atoms with Crippen LogP contribution in [0.4, 0.5) is 4.79 Å². The summed E-state index contributed by atoms with van der Waals surface area (Å²) in [5.41, 5.74) is 4.24. The molecule has 0 aliphatic carbocycles. The molecule has 2 N–H and O–H groups in total. The molecule has 0 bridgehead atoms. The van der Waals surface area contributed by atoms with Gasteiger partial charge in [-0.3, -0.25) is 0 Å². The van der Waals surface area contributed by atoms with Crippen LogP contribution in [0, 0.1) is 0 Å². The lowest BCUT2D eigenvalue weighted by atomic mass is 11.3. The molecule has 1 amide bonds. The van der Waals surface area contributed by atoms with Crippen LogP contribution in [0.5, 0.6) is 0 Å². The van der Waals surface area contributed by atoms with Gasteiger partial charge in [0.1, 0.15) is 11.4 Å². The molecule has 0 spiro atoms. The Morgan fingerprint density at radius 1 is 1.56 bits per heavy atom. The summed E-state index contributed by atoms with van der Waals surface area (Å²) in [6.07, 6.45) is -1.33. The van der Waals surface area contributed by atoms with Crippen LogP contribution >= 0.6 is 24.8 Å². The molecule has 0 radical (unpaired) electrons. The topological polar surface area (TPSA) is 92.5 Å². The Labute approximate surface area is 66.2 Å². The number of carbonyl (C=O) groups excluding carboxylic acids is 1. The monoisotopic (exact) mass is 196 g/mol. The quantitative estimate of drug-likeness (QED) is 0.585. The van der Waals surface area contributed by atoms with Gasteiger partial charge in [0.05, 0.1) is 0 Å². The minimum absolute atomic E-state index is 0. The van der Waals surface area contributed by atoms with Crippen molar-refractivity contribution in [2.45, 2.75) is 0 Å². The number of hydrogen-bond acceptors (Lipinski definition) is 4. The Balaban J connectivity index is -0.000000180. The summed E-state index contributed by atoms with van der Waals surface area (Å²) < 4.78 is 21.9. The van der Waals surface area contributed by atoms with E-state index < -0.39 is 17.5 Å². The van der Waals surface area contributed by atoms with Crippen molar-refractivity contribution in [3.8, 4) is 0 Å². The zero-order valence-electron chi connectivity index (χ0n) is 3.94. The van der Waals surface area contributed by atoms with Gasteiger partial charge < -0.3 is 14.5 Å². The lowest BCUT2D eigenvalue weighted by Gasteiger charge is -1.98. The Morgan fingerprint density at radius 2 is 1.89 bits per heavy atom. The summed E-state index contributed by atoms with van der Waals surface area (Å²) >= 11 is -2.82. The van der Waals surface area contributed by atoms with E-state index in [1.54, 1.807) is 0 Å². The van der Waals surface area contributed by atoms with Crippen molar-refractivity contribution in [1.29, 1.82) is 0 Å². The summed E-state index contributed by atoms with van der Waals surface area (Å²) in [5.74, 6) is 0. The first-order valence-electron chi connectivity index (χ1n) is 1.20. The third kappa shape index (κ3) is 18.0. The number of hydrogen-bond donors (Lipinski definition) is 1. The average Bonchev–Trinajstić information content (AvgIpc) is 1.27. The molecule has 1 atom stereocenters. The van der Waals surface area contributed by atoms with Crippen molar-refractivity contribution in [1.82, 2.24) is 0 Å². The summed E-state index contributed by atoms with van der Waals surface area (Å²) in [5, 5.41) is 0. The zero-order valence-corrected chi connectivity index (χ0v) is 6.38. The molecule has 5 nitrogen and oxygen atoms in total. The minimum Gasteiger partial charge on any atom is -0.740 e. The maximum atomic E-state index is 9.42. The SMILES string of the molecule is Cl.Cl.NC(=O)OS(=O)[O-]. The van der Waals surface area contributed by atoms with E-state index in [2.05, 4.69) is 9.92 Å². The van der Waals surface area contributed by atoms with E-state index in [0.29, 0.717) is 0 Å². The van der Waals surface area contributed by atoms with Crippen molar-refractivity contribution in [2.75, 3.05) is 0 Å². The lowest BCUT2D eigenvalue weighted by Crippen LogP contribution is -2.13. The van der Waals surface area contributed by atoms with Crippen molar-refractivity contribution in [2.24, 2.45) is 5.73 Å². The van der Waals surface area contributed by atoms with Gasteiger partial charge in [-0.15, -0.1) is 24.8 Å². The van der Waals surface area contributed by atoms with E-state index >= 15 is 0 Å². The Bertz CT molecular complexity index is 94.7. The summed E-state index contributed by atoms with van der Waals surface area (Å²) in [6, 6.07) is 0. The average molecular weight is 197 g/mol. The Kier molecular flexibility index (Phi) is 14.1. The predicted molar refractivity (Wildman–Crippen MR) is 34.1 cm³/mol. The predicted octanol–water partition coefficient (Wildman–Crippen LogP) is -0.281. The molecule has 0 aromatic rings. The largest absolute Gasteiger partial charge is 0.740 e. The number of amides is 1. The fraction of sp³-hybridized carbons (Fsp3) is 0. The van der Waals surface area contributed by atoms with Crippen LogP contribution < -0.4 is 5.73 Å². The zero-order chi connectivity index (χ0) is 5.86. The van der Waals surface area contributed by atoms with Gasteiger partial charge >= 0.3 is 6.09 Å². The number of nitrogens with two attached hydrogens (primary N) is 1. The number of primary amides is 1. The smallest absolute Gasteiger partial charge is 0.417 e. The van der Waals surface area contributed by atoms with Crippen molar-refractivity contribution >= 4 is 42.3 Å². The third-order valence-corrected chi connectivity index (χ3v) is 0.451. The second kappa shape index (κ2) is 7.96. The highest BCUT2D eigenvalue weighted by atomic mass is 35.5. The summed E-state index contributed by atoms with van der Waals surface area (Å²) in [6.45, 7) is 0. The normalized spacial score (nSPS) is 9.89. The van der Waals surface area contributed by atoms with Crippen LogP contribution in [-0.2, 0) is 15.5 Å². The maximum absolute atomic E-state index is 9.42. The molecular formula is CH4Cl2NO4S-. The molecule has 0 aliphatic heterocycles. The molecule has 0 heterocycles. The van der Waals surface area contributed by atoms with E-state index in [1.807, 2.05) is 0 Å². The molecule has 0 fully saturated rings. The van der Waals surface area contributed by atoms with Crippen LogP contribution in [0.15, 0.2) is 0 Å². The molecule has 0 aromatic heterocycles. The van der Waals surface area contributed by atoms with Gasteiger partial charge in [0, 0.05) is 0 Å². The van der Waals surface area contributed by atoms with Crippen molar-refractivity contribution < 1.29 is 17.7 Å². The van der Waals surface area contributed by atoms with Gasteiger partial charge in [-0.05, 0) is 0 Å². The lowest BCUT2D eigenvalue weighted by molar-refractivity contribution is 0.211. The molecule has 9 heavy (non-hydrogen) atoms. The third-order valence-electron chi connectivity index (χ3n) is 0.150. The molecule has 0 saturated carbocycles. The van der Waals surface area contributed by atoms with Crippen LogP contribution in [0.25, 0.3) is 0 Å². The number of carbonyl (C=O) groups is 1. The first-order chi connectivity index (χ1) is 3.13. The Morgan fingerprint density at radius 3 is 1.89 bits per heavy atom. The van der Waals surface area contributed by atoms with Gasteiger partial charge in [-0.25, -0.2) is 9.00 Å². The summed E-state index contributed by atoms with van der Waals surface area (Å²) in [7, 11) is 0. The van der Waals surface area contributed by atoms with E-state index in [9.17, 15) is 13.6 Å². The van der Waals surface area contributed by atoms with Gasteiger partial charge in [0.25, 0.3) is 0 Å².